The molecule has 8 heteroatoms. The highest BCUT2D eigenvalue weighted by Gasteiger charge is 2.18. The molecular formula is C17H15BrF2N2O3. The molecule has 2 N–H and O–H groups in total. The van der Waals surface area contributed by atoms with E-state index in [-0.39, 0.29) is 24.4 Å². The predicted molar refractivity (Wildman–Crippen MR) is 92.3 cm³/mol. The fraction of sp³-hybridized carbons (Fsp3) is 0.176. The Bertz CT molecular complexity index is 782. The first kappa shape index (κ1) is 18.9. The Labute approximate surface area is 151 Å². The van der Waals surface area contributed by atoms with Crippen molar-refractivity contribution in [3.8, 4) is 0 Å². The molecule has 0 atom stereocenters. The Kier molecular flexibility index (Phi) is 6.46. The van der Waals surface area contributed by atoms with Crippen LogP contribution in [0.15, 0.2) is 40.9 Å². The van der Waals surface area contributed by atoms with E-state index >= 15 is 0 Å². The minimum Gasteiger partial charge on any atom is -0.450 e. The van der Waals surface area contributed by atoms with Crippen molar-refractivity contribution in [1.29, 1.82) is 0 Å². The van der Waals surface area contributed by atoms with Crippen LogP contribution in [0, 0.1) is 11.6 Å². The van der Waals surface area contributed by atoms with Gasteiger partial charge in [-0.1, -0.05) is 28.1 Å². The largest absolute Gasteiger partial charge is 0.450 e. The van der Waals surface area contributed by atoms with E-state index in [0.717, 1.165) is 22.2 Å². The van der Waals surface area contributed by atoms with E-state index in [0.29, 0.717) is 0 Å². The summed E-state index contributed by atoms with van der Waals surface area (Å²) >= 11 is 3.31. The maximum atomic E-state index is 13.5. The quantitative estimate of drug-likeness (QED) is 0.771. The van der Waals surface area contributed by atoms with Crippen LogP contribution in [0.5, 0.6) is 0 Å². The number of hydrogen-bond donors (Lipinski definition) is 2. The molecule has 2 rings (SSSR count). The number of carbonyl (C=O) groups is 2. The summed E-state index contributed by atoms with van der Waals surface area (Å²) in [5.74, 6) is -3.03. The molecular weight excluding hydrogens is 398 g/mol. The highest BCUT2D eigenvalue weighted by Crippen LogP contribution is 2.21. The van der Waals surface area contributed by atoms with Gasteiger partial charge in [-0.15, -0.1) is 0 Å². The van der Waals surface area contributed by atoms with E-state index in [1.165, 1.54) is 0 Å². The average Bonchev–Trinajstić information content (AvgIpc) is 2.57. The lowest BCUT2D eigenvalue weighted by Gasteiger charge is -2.12. The van der Waals surface area contributed by atoms with Gasteiger partial charge < -0.3 is 10.1 Å². The molecule has 2 amide bonds. The van der Waals surface area contributed by atoms with Gasteiger partial charge in [-0.05, 0) is 30.7 Å². The third-order valence-electron chi connectivity index (χ3n) is 3.18. The number of ether oxygens (including phenoxy) is 1. The summed E-state index contributed by atoms with van der Waals surface area (Å²) in [7, 11) is 0. The van der Waals surface area contributed by atoms with Gasteiger partial charge in [-0.25, -0.2) is 13.6 Å². The van der Waals surface area contributed by atoms with Gasteiger partial charge in [0.05, 0.1) is 17.9 Å². The number of nitrogens with one attached hydrogen (secondary N) is 2. The van der Waals surface area contributed by atoms with Crippen LogP contribution >= 0.6 is 15.9 Å². The monoisotopic (exact) mass is 412 g/mol. The second-order valence-electron chi connectivity index (χ2n) is 4.97. The summed E-state index contributed by atoms with van der Waals surface area (Å²) < 4.78 is 32.5. The second kappa shape index (κ2) is 8.57. The lowest BCUT2D eigenvalue weighted by atomic mass is 10.1. The van der Waals surface area contributed by atoms with E-state index in [1.807, 2.05) is 12.1 Å². The molecule has 0 aliphatic rings. The van der Waals surface area contributed by atoms with Crippen LogP contribution in [0.25, 0.3) is 0 Å². The van der Waals surface area contributed by atoms with E-state index in [1.54, 1.807) is 19.1 Å². The van der Waals surface area contributed by atoms with Crippen molar-refractivity contribution in [2.24, 2.45) is 0 Å². The molecule has 0 spiro atoms. The van der Waals surface area contributed by atoms with Crippen molar-refractivity contribution in [1.82, 2.24) is 5.32 Å². The molecule has 2 aromatic rings. The number of rotatable bonds is 5. The van der Waals surface area contributed by atoms with Gasteiger partial charge >= 0.3 is 6.09 Å². The molecule has 0 radical (unpaired) electrons. The number of halogens is 3. The molecule has 0 aromatic heterocycles. The van der Waals surface area contributed by atoms with Gasteiger partial charge in [0, 0.05) is 17.1 Å². The molecule has 0 aliphatic carbocycles. The van der Waals surface area contributed by atoms with Crippen molar-refractivity contribution in [3.63, 3.8) is 0 Å². The standard InChI is InChI=1S/C17H15BrF2N2O3/c1-2-25-17(24)22-15-8-14(20)13(19)7-12(15)16(23)21-9-10-3-5-11(18)6-4-10/h3-8H,2,9H2,1H3,(H,21,23)(H,22,24). The molecule has 0 saturated carbocycles. The van der Waals surface area contributed by atoms with Gasteiger partial charge in [-0.3, -0.25) is 10.1 Å². The minimum absolute atomic E-state index is 0.0978. The van der Waals surface area contributed by atoms with E-state index in [9.17, 15) is 18.4 Å². The maximum absolute atomic E-state index is 13.5. The number of benzene rings is 2. The molecule has 25 heavy (non-hydrogen) atoms. The first-order valence-corrected chi connectivity index (χ1v) is 8.15. The summed E-state index contributed by atoms with van der Waals surface area (Å²) in [6, 6.07) is 8.69. The van der Waals surface area contributed by atoms with Gasteiger partial charge in [0.1, 0.15) is 0 Å². The minimum atomic E-state index is -1.19. The molecule has 5 nitrogen and oxygen atoms in total. The van der Waals surface area contributed by atoms with E-state index in [2.05, 4.69) is 31.3 Å². The van der Waals surface area contributed by atoms with Crippen LogP contribution < -0.4 is 10.6 Å². The summed E-state index contributed by atoms with van der Waals surface area (Å²) in [6.07, 6.45) is -0.865. The molecule has 132 valence electrons. The molecule has 0 saturated heterocycles. The van der Waals surface area contributed by atoms with Gasteiger partial charge in [0.15, 0.2) is 11.6 Å². The zero-order valence-electron chi connectivity index (χ0n) is 13.2. The Morgan fingerprint density at radius 3 is 2.40 bits per heavy atom. The van der Waals surface area contributed by atoms with Crippen molar-refractivity contribution in [3.05, 3.63) is 63.6 Å². The SMILES string of the molecule is CCOC(=O)Nc1cc(F)c(F)cc1C(=O)NCc1ccc(Br)cc1. The van der Waals surface area contributed by atoms with Crippen molar-refractivity contribution in [2.45, 2.75) is 13.5 Å². The molecule has 0 fully saturated rings. The second-order valence-corrected chi connectivity index (χ2v) is 5.88. The van der Waals surface area contributed by atoms with Crippen LogP contribution in [-0.2, 0) is 11.3 Å². The van der Waals surface area contributed by atoms with Crippen LogP contribution in [0.1, 0.15) is 22.8 Å². The Hall–Kier alpha value is -2.48. The molecule has 0 aliphatic heterocycles. The number of hydrogen-bond acceptors (Lipinski definition) is 3. The lowest BCUT2D eigenvalue weighted by Crippen LogP contribution is -2.25. The number of amides is 2. The summed E-state index contributed by atoms with van der Waals surface area (Å²) in [5.41, 5.74) is 0.439. The van der Waals surface area contributed by atoms with Crippen molar-refractivity contribution >= 4 is 33.6 Å². The normalized spacial score (nSPS) is 10.2. The van der Waals surface area contributed by atoms with Gasteiger partial charge in [-0.2, -0.15) is 0 Å². The van der Waals surface area contributed by atoms with Gasteiger partial charge in [0.25, 0.3) is 5.91 Å². The zero-order valence-corrected chi connectivity index (χ0v) is 14.8. The Balaban J connectivity index is 2.17. The zero-order chi connectivity index (χ0) is 18.4. The molecule has 2 aromatic carbocycles. The fourth-order valence-corrected chi connectivity index (χ4v) is 2.26. The summed E-state index contributed by atoms with van der Waals surface area (Å²) in [6.45, 7) is 1.88. The number of carbonyl (C=O) groups excluding carboxylic acids is 2. The van der Waals surface area contributed by atoms with Crippen LogP contribution in [-0.4, -0.2) is 18.6 Å². The lowest BCUT2D eigenvalue weighted by molar-refractivity contribution is 0.0951. The van der Waals surface area contributed by atoms with Crippen molar-refractivity contribution in [2.75, 3.05) is 11.9 Å². The summed E-state index contributed by atoms with van der Waals surface area (Å²) in [4.78, 5) is 23.8. The first-order chi connectivity index (χ1) is 11.9. The first-order valence-electron chi connectivity index (χ1n) is 7.36. The Morgan fingerprint density at radius 1 is 1.12 bits per heavy atom. The highest BCUT2D eigenvalue weighted by molar-refractivity contribution is 9.10. The molecule has 0 unspecified atom stereocenters. The van der Waals surface area contributed by atoms with Crippen LogP contribution in [0.4, 0.5) is 19.3 Å². The van der Waals surface area contributed by atoms with Crippen LogP contribution in [0.3, 0.4) is 0 Å². The summed E-state index contributed by atoms with van der Waals surface area (Å²) in [5, 5.41) is 4.82. The number of anilines is 1. The van der Waals surface area contributed by atoms with Crippen LogP contribution in [0.2, 0.25) is 0 Å². The third-order valence-corrected chi connectivity index (χ3v) is 3.71. The molecule has 0 bridgehead atoms. The topological polar surface area (TPSA) is 67.4 Å². The highest BCUT2D eigenvalue weighted by atomic mass is 79.9. The third kappa shape index (κ3) is 5.25. The molecule has 0 heterocycles. The van der Waals surface area contributed by atoms with E-state index < -0.39 is 23.6 Å². The maximum Gasteiger partial charge on any atom is 0.411 e. The Morgan fingerprint density at radius 2 is 1.76 bits per heavy atom. The van der Waals surface area contributed by atoms with Gasteiger partial charge in [0.2, 0.25) is 0 Å². The van der Waals surface area contributed by atoms with E-state index in [4.69, 9.17) is 0 Å². The smallest absolute Gasteiger partial charge is 0.411 e. The predicted octanol–water partition coefficient (Wildman–Crippen LogP) is 4.23. The average molecular weight is 413 g/mol. The fourth-order valence-electron chi connectivity index (χ4n) is 2.00. The van der Waals surface area contributed by atoms with Crippen molar-refractivity contribution < 1.29 is 23.1 Å².